The summed E-state index contributed by atoms with van der Waals surface area (Å²) < 4.78 is 0. The molecule has 2 heterocycles. The molecule has 4 atom stereocenters. The molecule has 4 heteroatoms. The number of nitrogens with zero attached hydrogens (tertiary/aromatic N) is 2. The van der Waals surface area contributed by atoms with Crippen LogP contribution in [0.1, 0.15) is 38.5 Å². The Kier molecular flexibility index (Phi) is 3.81. The van der Waals surface area contributed by atoms with Gasteiger partial charge in [-0.25, -0.2) is 0 Å². The Hall–Kier alpha value is -0.610. The molecule has 19 heavy (non-hydrogen) atoms. The summed E-state index contributed by atoms with van der Waals surface area (Å²) in [6.45, 7) is 3.00. The van der Waals surface area contributed by atoms with E-state index in [0.29, 0.717) is 12.0 Å². The molecule has 0 radical (unpaired) electrons. The largest absolute Gasteiger partial charge is 0.392 e. The number of likely N-dealkylation sites (tertiary alicyclic amines) is 2. The summed E-state index contributed by atoms with van der Waals surface area (Å²) >= 11 is 0. The molecule has 1 amide bonds. The number of hydrogen-bond acceptors (Lipinski definition) is 3. The number of rotatable bonds is 1. The Labute approximate surface area is 115 Å². The summed E-state index contributed by atoms with van der Waals surface area (Å²) in [5.74, 6) is 0.754. The summed E-state index contributed by atoms with van der Waals surface area (Å²) in [5.41, 5.74) is 0. The summed E-state index contributed by atoms with van der Waals surface area (Å²) in [5, 5.41) is 9.91. The Morgan fingerprint density at radius 2 is 1.95 bits per heavy atom. The molecule has 3 aliphatic rings. The lowest BCUT2D eigenvalue weighted by Crippen LogP contribution is -2.55. The molecule has 1 saturated carbocycles. The van der Waals surface area contributed by atoms with Gasteiger partial charge in [0, 0.05) is 19.1 Å². The van der Waals surface area contributed by atoms with Crippen LogP contribution in [0.2, 0.25) is 0 Å². The maximum Gasteiger partial charge on any atom is 0.228 e. The van der Waals surface area contributed by atoms with E-state index in [9.17, 15) is 9.90 Å². The predicted molar refractivity (Wildman–Crippen MR) is 73.7 cm³/mol. The minimum Gasteiger partial charge on any atom is -0.392 e. The van der Waals surface area contributed by atoms with Gasteiger partial charge in [0.15, 0.2) is 0 Å². The number of carbonyl (C=O) groups is 1. The van der Waals surface area contributed by atoms with Crippen molar-refractivity contribution in [1.29, 1.82) is 0 Å². The topological polar surface area (TPSA) is 43.8 Å². The zero-order chi connectivity index (χ0) is 13.4. The van der Waals surface area contributed by atoms with Crippen LogP contribution >= 0.6 is 0 Å². The van der Waals surface area contributed by atoms with E-state index >= 15 is 0 Å². The van der Waals surface area contributed by atoms with Crippen molar-refractivity contribution in [1.82, 2.24) is 9.80 Å². The maximum absolute atomic E-state index is 12.5. The minimum atomic E-state index is -0.390. The van der Waals surface area contributed by atoms with E-state index in [0.717, 1.165) is 38.8 Å². The van der Waals surface area contributed by atoms with Gasteiger partial charge in [0.1, 0.15) is 0 Å². The number of aliphatic hydroxyl groups is 1. The van der Waals surface area contributed by atoms with Crippen molar-refractivity contribution in [2.75, 3.05) is 26.7 Å². The van der Waals surface area contributed by atoms with Crippen LogP contribution in [0.25, 0.3) is 0 Å². The van der Waals surface area contributed by atoms with E-state index in [2.05, 4.69) is 11.9 Å². The lowest BCUT2D eigenvalue weighted by atomic mass is 9.83. The van der Waals surface area contributed by atoms with E-state index in [4.69, 9.17) is 0 Å². The highest BCUT2D eigenvalue weighted by molar-refractivity contribution is 5.79. The molecule has 4 unspecified atom stereocenters. The van der Waals surface area contributed by atoms with E-state index in [1.807, 2.05) is 4.90 Å². The van der Waals surface area contributed by atoms with Crippen LogP contribution in [-0.4, -0.2) is 59.6 Å². The van der Waals surface area contributed by atoms with Crippen molar-refractivity contribution in [3.63, 3.8) is 0 Å². The molecule has 1 aliphatic carbocycles. The quantitative estimate of drug-likeness (QED) is 0.772. The molecule has 108 valence electrons. The van der Waals surface area contributed by atoms with Gasteiger partial charge in [-0.15, -0.1) is 0 Å². The zero-order valence-corrected chi connectivity index (χ0v) is 11.9. The highest BCUT2D eigenvalue weighted by Gasteiger charge is 2.39. The van der Waals surface area contributed by atoms with E-state index in [1.165, 1.54) is 19.4 Å². The molecule has 0 aromatic rings. The molecule has 4 nitrogen and oxygen atoms in total. The van der Waals surface area contributed by atoms with Gasteiger partial charge >= 0.3 is 0 Å². The molecule has 3 fully saturated rings. The fourth-order valence-corrected chi connectivity index (χ4v) is 4.32. The van der Waals surface area contributed by atoms with Gasteiger partial charge in [0.05, 0.1) is 12.0 Å². The van der Waals surface area contributed by atoms with Crippen molar-refractivity contribution < 1.29 is 9.90 Å². The normalized spacial score (nSPS) is 40.2. The molecule has 0 bridgehead atoms. The van der Waals surface area contributed by atoms with Crippen molar-refractivity contribution in [2.45, 2.75) is 50.7 Å². The molecule has 3 rings (SSSR count). The number of hydrogen-bond donors (Lipinski definition) is 1. The Bertz CT molecular complexity index is 347. The minimum absolute atomic E-state index is 0.113. The van der Waals surface area contributed by atoms with Crippen molar-refractivity contribution in [3.05, 3.63) is 0 Å². The van der Waals surface area contributed by atoms with Crippen molar-refractivity contribution in [2.24, 2.45) is 11.8 Å². The average Bonchev–Trinajstić information content (AvgIpc) is 2.84. The standard InChI is InChI=1S/C15H26N2O2/c1-16-8-3-4-11-10-17(9-7-13(11)16)15(19)12-5-2-6-14(12)18/h11-14,18H,2-10H2,1H3. The number of piperidine rings is 2. The van der Waals surface area contributed by atoms with E-state index < -0.39 is 0 Å². The first-order valence-electron chi connectivity index (χ1n) is 7.84. The molecule has 1 N–H and O–H groups in total. The second-order valence-electron chi connectivity index (χ2n) is 6.63. The summed E-state index contributed by atoms with van der Waals surface area (Å²) in [7, 11) is 2.22. The molecule has 2 saturated heterocycles. The summed E-state index contributed by atoms with van der Waals surface area (Å²) in [4.78, 5) is 17.0. The Morgan fingerprint density at radius 3 is 2.68 bits per heavy atom. The van der Waals surface area contributed by atoms with Crippen LogP contribution in [0, 0.1) is 11.8 Å². The molecule has 0 spiro atoms. The van der Waals surface area contributed by atoms with Crippen LogP contribution in [-0.2, 0) is 4.79 Å². The second-order valence-corrected chi connectivity index (χ2v) is 6.63. The molecular formula is C15H26N2O2. The lowest BCUT2D eigenvalue weighted by molar-refractivity contribution is -0.141. The highest BCUT2D eigenvalue weighted by atomic mass is 16.3. The molecule has 0 aromatic carbocycles. The van der Waals surface area contributed by atoms with Crippen LogP contribution in [0.15, 0.2) is 0 Å². The third kappa shape index (κ3) is 2.52. The summed E-state index contributed by atoms with van der Waals surface area (Å²) in [6, 6.07) is 0.673. The monoisotopic (exact) mass is 266 g/mol. The van der Waals surface area contributed by atoms with Gasteiger partial charge in [-0.05, 0) is 58.0 Å². The van der Waals surface area contributed by atoms with Crippen molar-refractivity contribution in [3.8, 4) is 0 Å². The highest BCUT2D eigenvalue weighted by Crippen LogP contribution is 2.33. The van der Waals surface area contributed by atoms with Gasteiger partial charge in [0.25, 0.3) is 0 Å². The third-order valence-corrected chi connectivity index (χ3v) is 5.45. The predicted octanol–water partition coefficient (Wildman–Crippen LogP) is 1.09. The first-order valence-corrected chi connectivity index (χ1v) is 7.84. The number of aliphatic hydroxyl groups excluding tert-OH is 1. The average molecular weight is 266 g/mol. The molecule has 0 aromatic heterocycles. The van der Waals surface area contributed by atoms with E-state index in [1.54, 1.807) is 0 Å². The number of carbonyl (C=O) groups excluding carboxylic acids is 1. The Balaban J connectivity index is 1.62. The number of fused-ring (bicyclic) bond motifs is 1. The third-order valence-electron chi connectivity index (χ3n) is 5.45. The fourth-order valence-electron chi connectivity index (χ4n) is 4.32. The first-order chi connectivity index (χ1) is 9.16. The Morgan fingerprint density at radius 1 is 1.11 bits per heavy atom. The fraction of sp³-hybridized carbons (Fsp3) is 0.933. The van der Waals surface area contributed by atoms with Crippen LogP contribution < -0.4 is 0 Å². The SMILES string of the molecule is CN1CCCC2CN(C(=O)C3CCCC3O)CCC21. The van der Waals surface area contributed by atoms with Crippen LogP contribution in [0.3, 0.4) is 0 Å². The van der Waals surface area contributed by atoms with Crippen LogP contribution in [0.5, 0.6) is 0 Å². The zero-order valence-electron chi connectivity index (χ0n) is 11.9. The maximum atomic E-state index is 12.5. The summed E-state index contributed by atoms with van der Waals surface area (Å²) in [6.07, 6.45) is 5.91. The second kappa shape index (κ2) is 5.41. The van der Waals surface area contributed by atoms with Gasteiger partial charge in [0.2, 0.25) is 5.91 Å². The lowest BCUT2D eigenvalue weighted by Gasteiger charge is -2.46. The van der Waals surface area contributed by atoms with Gasteiger partial charge in [-0.1, -0.05) is 0 Å². The number of amides is 1. The van der Waals surface area contributed by atoms with Gasteiger partial charge in [-0.2, -0.15) is 0 Å². The first kappa shape index (κ1) is 13.4. The smallest absolute Gasteiger partial charge is 0.228 e. The van der Waals surface area contributed by atoms with Crippen molar-refractivity contribution >= 4 is 5.91 Å². The van der Waals surface area contributed by atoms with Gasteiger partial charge < -0.3 is 14.9 Å². The molecule has 2 aliphatic heterocycles. The van der Waals surface area contributed by atoms with Gasteiger partial charge in [-0.3, -0.25) is 4.79 Å². The molecular weight excluding hydrogens is 240 g/mol. The van der Waals surface area contributed by atoms with E-state index in [-0.39, 0.29) is 17.9 Å². The van der Waals surface area contributed by atoms with Crippen LogP contribution in [0.4, 0.5) is 0 Å².